The minimum absolute atomic E-state index is 0.275. The number of nitrogens with zero attached hydrogens (tertiary/aromatic N) is 2. The van der Waals surface area contributed by atoms with Crippen molar-refractivity contribution in [1.29, 1.82) is 0 Å². The molecule has 0 radical (unpaired) electrons. The molecule has 1 aromatic rings. The van der Waals surface area contributed by atoms with Crippen LogP contribution in [0.2, 0.25) is 0 Å². The van der Waals surface area contributed by atoms with Gasteiger partial charge in [-0.25, -0.2) is 0 Å². The van der Waals surface area contributed by atoms with E-state index in [0.29, 0.717) is 12.4 Å². The van der Waals surface area contributed by atoms with Crippen LogP contribution in [0.1, 0.15) is 0 Å². The first kappa shape index (κ1) is 11.2. The van der Waals surface area contributed by atoms with Gasteiger partial charge in [-0.15, -0.1) is 0 Å². The van der Waals surface area contributed by atoms with Crippen LogP contribution in [0.3, 0.4) is 0 Å². The summed E-state index contributed by atoms with van der Waals surface area (Å²) >= 11 is 0. The third-order valence-corrected chi connectivity index (χ3v) is 1.70. The molecule has 82 valence electrons. The van der Waals surface area contributed by atoms with E-state index in [1.54, 1.807) is 13.1 Å². The first-order chi connectivity index (χ1) is 7.15. The Bertz CT molecular complexity index is 360. The first-order valence-corrected chi connectivity index (χ1v) is 4.42. The lowest BCUT2D eigenvalue weighted by Crippen LogP contribution is -2.38. The van der Waals surface area contributed by atoms with Gasteiger partial charge in [0.05, 0.1) is 6.20 Å². The van der Waals surface area contributed by atoms with Crippen LogP contribution in [-0.2, 0) is 16.6 Å². The molecule has 0 atom stereocenters. The van der Waals surface area contributed by atoms with Crippen molar-refractivity contribution in [3.8, 4) is 0 Å². The van der Waals surface area contributed by atoms with Crippen molar-refractivity contribution < 1.29 is 9.59 Å². The smallest absolute Gasteiger partial charge is 0.314 e. The number of amides is 2. The number of aryl methyl sites for hydroxylation is 1. The van der Waals surface area contributed by atoms with Gasteiger partial charge in [0, 0.05) is 26.2 Å². The van der Waals surface area contributed by atoms with E-state index in [9.17, 15) is 9.59 Å². The molecule has 0 saturated carbocycles. The summed E-state index contributed by atoms with van der Waals surface area (Å²) in [5, 5.41) is 8.61. The van der Waals surface area contributed by atoms with Crippen LogP contribution in [-0.4, -0.2) is 34.7 Å². The van der Waals surface area contributed by atoms with Crippen LogP contribution in [0, 0.1) is 0 Å². The standard InChI is InChI=1S/C8H13N5O2/c1-13-6(2-4-11-13)12-8(15)7(14)10-5-3-9/h2,4H,3,5,9H2,1H3,(H,10,14)(H,12,15). The molecule has 0 spiro atoms. The Labute approximate surface area is 86.6 Å². The molecule has 2 amide bonds. The van der Waals surface area contributed by atoms with Gasteiger partial charge in [-0.1, -0.05) is 0 Å². The second kappa shape index (κ2) is 5.11. The third-order valence-electron chi connectivity index (χ3n) is 1.70. The molecule has 0 bridgehead atoms. The van der Waals surface area contributed by atoms with Crippen LogP contribution in [0.15, 0.2) is 12.3 Å². The van der Waals surface area contributed by atoms with Crippen molar-refractivity contribution in [1.82, 2.24) is 15.1 Å². The molecule has 15 heavy (non-hydrogen) atoms. The Balaban J connectivity index is 2.49. The normalized spacial score (nSPS) is 9.73. The fourth-order valence-corrected chi connectivity index (χ4v) is 0.936. The number of carbonyl (C=O) groups is 2. The monoisotopic (exact) mass is 211 g/mol. The fraction of sp³-hybridized carbons (Fsp3) is 0.375. The summed E-state index contributed by atoms with van der Waals surface area (Å²) in [6.45, 7) is 0.572. The van der Waals surface area contributed by atoms with Crippen molar-refractivity contribution in [2.45, 2.75) is 0 Å². The Morgan fingerprint density at radius 2 is 2.27 bits per heavy atom. The molecule has 0 aliphatic heterocycles. The maximum absolute atomic E-state index is 11.3. The number of hydrogen-bond acceptors (Lipinski definition) is 4. The van der Waals surface area contributed by atoms with E-state index in [4.69, 9.17) is 5.73 Å². The zero-order valence-corrected chi connectivity index (χ0v) is 8.36. The van der Waals surface area contributed by atoms with Crippen molar-refractivity contribution in [2.24, 2.45) is 12.8 Å². The molecule has 4 N–H and O–H groups in total. The summed E-state index contributed by atoms with van der Waals surface area (Å²) in [6.07, 6.45) is 1.52. The minimum atomic E-state index is -0.730. The van der Waals surface area contributed by atoms with E-state index in [1.165, 1.54) is 10.9 Å². The van der Waals surface area contributed by atoms with E-state index in [1.807, 2.05) is 0 Å². The fourth-order valence-electron chi connectivity index (χ4n) is 0.936. The van der Waals surface area contributed by atoms with Crippen LogP contribution >= 0.6 is 0 Å². The lowest BCUT2D eigenvalue weighted by Gasteiger charge is -2.05. The Morgan fingerprint density at radius 3 is 2.80 bits per heavy atom. The van der Waals surface area contributed by atoms with Crippen LogP contribution in [0.5, 0.6) is 0 Å². The van der Waals surface area contributed by atoms with Gasteiger partial charge in [-0.3, -0.25) is 14.3 Å². The van der Waals surface area contributed by atoms with Crippen molar-refractivity contribution in [3.63, 3.8) is 0 Å². The Hall–Kier alpha value is -1.89. The molecule has 7 heteroatoms. The number of carbonyl (C=O) groups excluding carboxylic acids is 2. The maximum atomic E-state index is 11.3. The van der Waals surface area contributed by atoms with Gasteiger partial charge in [0.1, 0.15) is 5.82 Å². The zero-order valence-electron chi connectivity index (χ0n) is 8.36. The number of anilines is 1. The topological polar surface area (TPSA) is 102 Å². The second-order valence-electron chi connectivity index (χ2n) is 2.84. The molecule has 0 aromatic carbocycles. The van der Waals surface area contributed by atoms with Crippen LogP contribution < -0.4 is 16.4 Å². The average molecular weight is 211 g/mol. The lowest BCUT2D eigenvalue weighted by atomic mass is 10.5. The summed E-state index contributed by atoms with van der Waals surface area (Å²) < 4.78 is 1.45. The van der Waals surface area contributed by atoms with E-state index in [2.05, 4.69) is 15.7 Å². The summed E-state index contributed by atoms with van der Waals surface area (Å²) in [5.74, 6) is -0.975. The number of aromatic nitrogens is 2. The van der Waals surface area contributed by atoms with Gasteiger partial charge < -0.3 is 16.4 Å². The van der Waals surface area contributed by atoms with Gasteiger partial charge >= 0.3 is 11.8 Å². The third kappa shape index (κ3) is 3.06. The summed E-state index contributed by atoms with van der Waals surface area (Å²) in [6, 6.07) is 1.59. The van der Waals surface area contributed by atoms with Crippen LogP contribution in [0.4, 0.5) is 5.82 Å². The highest BCUT2D eigenvalue weighted by atomic mass is 16.2. The first-order valence-electron chi connectivity index (χ1n) is 4.42. The summed E-state index contributed by atoms with van der Waals surface area (Å²) in [4.78, 5) is 22.4. The second-order valence-corrected chi connectivity index (χ2v) is 2.84. The number of rotatable bonds is 3. The molecule has 0 saturated heterocycles. The molecule has 0 fully saturated rings. The SMILES string of the molecule is Cn1nccc1NC(=O)C(=O)NCCN. The van der Waals surface area contributed by atoms with Gasteiger partial charge in [0.15, 0.2) is 0 Å². The predicted octanol–water partition coefficient (Wildman–Crippen LogP) is -1.57. The molecule has 1 aromatic heterocycles. The highest BCUT2D eigenvalue weighted by Crippen LogP contribution is 2.02. The number of nitrogens with two attached hydrogens (primary N) is 1. The van der Waals surface area contributed by atoms with Gasteiger partial charge in [0.2, 0.25) is 0 Å². The van der Waals surface area contributed by atoms with Gasteiger partial charge in [-0.05, 0) is 0 Å². The van der Waals surface area contributed by atoms with Crippen LogP contribution in [0.25, 0.3) is 0 Å². The predicted molar refractivity (Wildman–Crippen MR) is 53.9 cm³/mol. The van der Waals surface area contributed by atoms with Crippen molar-refractivity contribution >= 4 is 17.6 Å². The molecule has 1 rings (SSSR count). The van der Waals surface area contributed by atoms with E-state index < -0.39 is 11.8 Å². The van der Waals surface area contributed by atoms with Crippen molar-refractivity contribution in [3.05, 3.63) is 12.3 Å². The molecule has 7 nitrogen and oxygen atoms in total. The highest BCUT2D eigenvalue weighted by Gasteiger charge is 2.13. The minimum Gasteiger partial charge on any atom is -0.347 e. The van der Waals surface area contributed by atoms with Gasteiger partial charge in [0.25, 0.3) is 0 Å². The highest BCUT2D eigenvalue weighted by molar-refractivity contribution is 6.39. The average Bonchev–Trinajstić information content (AvgIpc) is 2.61. The molecular formula is C8H13N5O2. The molecule has 0 unspecified atom stereocenters. The molecule has 0 aliphatic carbocycles. The molecule has 0 aliphatic rings. The number of nitrogens with one attached hydrogen (secondary N) is 2. The largest absolute Gasteiger partial charge is 0.347 e. The summed E-state index contributed by atoms with van der Waals surface area (Å²) in [7, 11) is 1.66. The lowest BCUT2D eigenvalue weighted by molar-refractivity contribution is -0.136. The van der Waals surface area contributed by atoms with E-state index in [0.717, 1.165) is 0 Å². The maximum Gasteiger partial charge on any atom is 0.314 e. The Morgan fingerprint density at radius 1 is 1.53 bits per heavy atom. The molecular weight excluding hydrogens is 198 g/mol. The zero-order chi connectivity index (χ0) is 11.3. The Kier molecular flexibility index (Phi) is 3.81. The van der Waals surface area contributed by atoms with E-state index in [-0.39, 0.29) is 6.54 Å². The van der Waals surface area contributed by atoms with E-state index >= 15 is 0 Å². The summed E-state index contributed by atoms with van der Waals surface area (Å²) in [5.41, 5.74) is 5.18. The van der Waals surface area contributed by atoms with Gasteiger partial charge in [-0.2, -0.15) is 5.10 Å². The number of hydrogen-bond donors (Lipinski definition) is 3. The van der Waals surface area contributed by atoms with Crippen molar-refractivity contribution in [2.75, 3.05) is 18.4 Å². The molecule has 1 heterocycles. The quantitative estimate of drug-likeness (QED) is 0.526.